The Morgan fingerprint density at radius 3 is 2.61 bits per heavy atom. The van der Waals surface area contributed by atoms with Gasteiger partial charge in [-0.2, -0.15) is 5.10 Å². The van der Waals surface area contributed by atoms with E-state index in [1.807, 2.05) is 65.8 Å². The molecule has 200 valence electrons. The van der Waals surface area contributed by atoms with Crippen molar-refractivity contribution in [1.82, 2.24) is 20.2 Å². The number of para-hydroxylation sites is 1. The minimum absolute atomic E-state index is 0. The maximum Gasteiger partial charge on any atom is 0.252 e. The monoisotopic (exact) mass is 536 g/mol. The molecule has 1 unspecified atom stereocenters. The highest BCUT2D eigenvalue weighted by atomic mass is 35.5. The lowest BCUT2D eigenvalue weighted by atomic mass is 9.94. The highest BCUT2D eigenvalue weighted by Gasteiger charge is 2.43. The Morgan fingerprint density at radius 1 is 1.16 bits per heavy atom. The van der Waals surface area contributed by atoms with Gasteiger partial charge in [-0.1, -0.05) is 48.5 Å². The first kappa shape index (κ1) is 27.3. The number of H-pyrrole nitrogens is 1. The zero-order valence-corrected chi connectivity index (χ0v) is 22.3. The van der Waals surface area contributed by atoms with Crippen LogP contribution in [0.15, 0.2) is 65.9 Å². The number of nitrogens with two attached hydrogens (primary N) is 1. The van der Waals surface area contributed by atoms with E-state index >= 15 is 0 Å². The van der Waals surface area contributed by atoms with E-state index in [0.29, 0.717) is 19.5 Å². The van der Waals surface area contributed by atoms with Crippen LogP contribution in [0, 0.1) is 5.92 Å². The lowest BCUT2D eigenvalue weighted by Crippen LogP contribution is -2.59. The third-order valence-corrected chi connectivity index (χ3v) is 6.98. The fourth-order valence-electron chi connectivity index (χ4n) is 4.94. The van der Waals surface area contributed by atoms with Gasteiger partial charge in [0.15, 0.2) is 0 Å². The van der Waals surface area contributed by atoms with Crippen LogP contribution in [0.25, 0.3) is 10.9 Å². The number of benzene rings is 2. The van der Waals surface area contributed by atoms with Gasteiger partial charge >= 0.3 is 0 Å². The molecule has 0 aliphatic carbocycles. The van der Waals surface area contributed by atoms with Crippen molar-refractivity contribution in [2.75, 3.05) is 13.1 Å². The molecule has 2 aliphatic heterocycles. The highest BCUT2D eigenvalue weighted by Crippen LogP contribution is 2.26. The number of carbonyl (C=O) groups is 3. The molecule has 1 saturated heterocycles. The third-order valence-electron chi connectivity index (χ3n) is 6.98. The molecule has 38 heavy (non-hydrogen) atoms. The maximum absolute atomic E-state index is 13.8. The SMILES string of the molecule is CC(C)(N)C(=O)N[C@H](Cc1c[nH]c2ccccc12)C(=O)N1CCC2=NN(Cc3ccccc3)CC2C1=O.Cl. The van der Waals surface area contributed by atoms with Crippen molar-refractivity contribution in [2.24, 2.45) is 16.8 Å². The normalized spacial score (nSPS) is 18.0. The smallest absolute Gasteiger partial charge is 0.252 e. The predicted molar refractivity (Wildman–Crippen MR) is 149 cm³/mol. The standard InChI is InChI=1S/C28H32N6O3.ClH/c1-28(2,29)27(37)31-24(14-19-15-30-22-11-7-6-10-20(19)22)26(36)34-13-12-23-21(25(34)35)17-33(32-23)16-18-8-4-3-5-9-18;/h3-11,15,21,24,30H,12-14,16-17,29H2,1-2H3,(H,31,37);1H/t21?,24-;/m1./s1. The second kappa shape index (κ2) is 11.0. The lowest BCUT2D eigenvalue weighted by Gasteiger charge is -2.33. The molecule has 0 bridgehead atoms. The van der Waals surface area contributed by atoms with Gasteiger partial charge < -0.3 is 16.0 Å². The van der Waals surface area contributed by atoms with Gasteiger partial charge in [-0.15, -0.1) is 12.4 Å². The van der Waals surface area contributed by atoms with Crippen LogP contribution in [0.5, 0.6) is 0 Å². The third kappa shape index (κ3) is 5.58. The molecule has 5 rings (SSSR count). The second-order valence-corrected chi connectivity index (χ2v) is 10.4. The van der Waals surface area contributed by atoms with Crippen molar-refractivity contribution < 1.29 is 14.4 Å². The molecule has 4 N–H and O–H groups in total. The van der Waals surface area contributed by atoms with Gasteiger partial charge in [-0.3, -0.25) is 24.3 Å². The number of rotatable bonds is 7. The molecule has 3 aromatic rings. The summed E-state index contributed by atoms with van der Waals surface area (Å²) in [5.74, 6) is -1.60. The van der Waals surface area contributed by atoms with Gasteiger partial charge in [-0.25, -0.2) is 0 Å². The molecule has 1 aromatic heterocycles. The van der Waals surface area contributed by atoms with Gasteiger partial charge in [0, 0.05) is 36.5 Å². The van der Waals surface area contributed by atoms with E-state index in [-0.39, 0.29) is 31.3 Å². The van der Waals surface area contributed by atoms with Crippen molar-refractivity contribution >= 4 is 46.7 Å². The van der Waals surface area contributed by atoms with Crippen LogP contribution in [0.2, 0.25) is 0 Å². The molecule has 3 amide bonds. The van der Waals surface area contributed by atoms with E-state index in [1.54, 1.807) is 13.8 Å². The summed E-state index contributed by atoms with van der Waals surface area (Å²) in [7, 11) is 0. The molecule has 2 aliphatic rings. The summed E-state index contributed by atoms with van der Waals surface area (Å²) in [6, 6.07) is 16.8. The first-order valence-corrected chi connectivity index (χ1v) is 12.6. The van der Waals surface area contributed by atoms with Crippen molar-refractivity contribution in [3.8, 4) is 0 Å². The van der Waals surface area contributed by atoms with Crippen LogP contribution in [0.4, 0.5) is 0 Å². The molecule has 0 saturated carbocycles. The Hall–Kier alpha value is -3.69. The molecule has 1 fully saturated rings. The van der Waals surface area contributed by atoms with E-state index in [0.717, 1.165) is 27.7 Å². The van der Waals surface area contributed by atoms with Gasteiger partial charge in [0.2, 0.25) is 11.8 Å². The fraction of sp³-hybridized carbons (Fsp3) is 0.357. The van der Waals surface area contributed by atoms with Crippen LogP contribution in [-0.2, 0) is 27.3 Å². The fourth-order valence-corrected chi connectivity index (χ4v) is 4.94. The Labute approximate surface area is 227 Å². The number of amides is 3. The summed E-state index contributed by atoms with van der Waals surface area (Å²) in [6.45, 7) is 4.45. The average molecular weight is 537 g/mol. The molecule has 2 aromatic carbocycles. The molecular weight excluding hydrogens is 504 g/mol. The Kier molecular flexibility index (Phi) is 7.89. The number of fused-ring (bicyclic) bond motifs is 2. The van der Waals surface area contributed by atoms with Crippen molar-refractivity contribution in [2.45, 2.75) is 44.8 Å². The highest BCUT2D eigenvalue weighted by molar-refractivity contribution is 6.13. The number of hydrazone groups is 1. The van der Waals surface area contributed by atoms with E-state index < -0.39 is 29.3 Å². The number of nitrogens with zero attached hydrogens (tertiary/aromatic N) is 3. The topological polar surface area (TPSA) is 124 Å². The number of piperidine rings is 1. The second-order valence-electron chi connectivity index (χ2n) is 10.4. The van der Waals surface area contributed by atoms with Crippen LogP contribution in [-0.4, -0.2) is 63.0 Å². The number of aromatic amines is 1. The number of aromatic nitrogens is 1. The molecular formula is C28H33ClN6O3. The van der Waals surface area contributed by atoms with Crippen LogP contribution in [0.3, 0.4) is 0 Å². The number of hydrogen-bond donors (Lipinski definition) is 3. The number of carbonyl (C=O) groups excluding carboxylic acids is 3. The molecule has 0 spiro atoms. The largest absolute Gasteiger partial charge is 0.361 e. The lowest BCUT2D eigenvalue weighted by molar-refractivity contribution is -0.149. The zero-order valence-electron chi connectivity index (χ0n) is 21.5. The molecule has 2 atom stereocenters. The Bertz CT molecular complexity index is 1360. The van der Waals surface area contributed by atoms with E-state index in [4.69, 9.17) is 5.73 Å². The molecule has 9 nitrogen and oxygen atoms in total. The van der Waals surface area contributed by atoms with Gasteiger partial charge in [0.25, 0.3) is 5.91 Å². The first-order valence-electron chi connectivity index (χ1n) is 12.6. The zero-order chi connectivity index (χ0) is 26.2. The summed E-state index contributed by atoms with van der Waals surface area (Å²) >= 11 is 0. The number of nitrogens with one attached hydrogen (secondary N) is 2. The first-order chi connectivity index (χ1) is 17.7. The van der Waals surface area contributed by atoms with Gasteiger partial charge in [-0.05, 0) is 31.0 Å². The maximum atomic E-state index is 13.8. The van der Waals surface area contributed by atoms with Crippen molar-refractivity contribution in [3.05, 3.63) is 71.9 Å². The van der Waals surface area contributed by atoms with Crippen LogP contribution < -0.4 is 11.1 Å². The number of likely N-dealkylation sites (tertiary alicyclic amines) is 1. The molecule has 10 heteroatoms. The predicted octanol–water partition coefficient (Wildman–Crippen LogP) is 2.60. The van der Waals surface area contributed by atoms with Gasteiger partial charge in [0.05, 0.1) is 30.3 Å². The number of halogens is 1. The van der Waals surface area contributed by atoms with E-state index in [2.05, 4.69) is 15.4 Å². The molecule has 3 heterocycles. The number of imide groups is 1. The van der Waals surface area contributed by atoms with Crippen molar-refractivity contribution in [3.63, 3.8) is 0 Å². The minimum Gasteiger partial charge on any atom is -0.361 e. The van der Waals surface area contributed by atoms with Crippen molar-refractivity contribution in [1.29, 1.82) is 0 Å². The quantitative estimate of drug-likeness (QED) is 0.428. The van der Waals surface area contributed by atoms with Gasteiger partial charge in [0.1, 0.15) is 6.04 Å². The Morgan fingerprint density at radius 2 is 1.87 bits per heavy atom. The summed E-state index contributed by atoms with van der Waals surface area (Å²) < 4.78 is 0. The van der Waals surface area contributed by atoms with E-state index in [1.165, 1.54) is 4.90 Å². The summed E-state index contributed by atoms with van der Waals surface area (Å²) in [5, 5.41) is 10.3. The summed E-state index contributed by atoms with van der Waals surface area (Å²) in [4.78, 5) is 44.6. The Balaban J connectivity index is 0.00000336. The summed E-state index contributed by atoms with van der Waals surface area (Å²) in [5.41, 5.74) is 8.58. The number of hydrogen-bond acceptors (Lipinski definition) is 6. The van der Waals surface area contributed by atoms with Crippen LogP contribution in [0.1, 0.15) is 31.4 Å². The average Bonchev–Trinajstić information content (AvgIpc) is 3.48. The summed E-state index contributed by atoms with van der Waals surface area (Å²) in [6.07, 6.45) is 2.59. The van der Waals surface area contributed by atoms with E-state index in [9.17, 15) is 14.4 Å². The minimum atomic E-state index is -1.17. The van der Waals surface area contributed by atoms with Crippen LogP contribution >= 0.6 is 12.4 Å². The molecule has 0 radical (unpaired) electrons.